The molecule has 4 nitrogen and oxygen atoms in total. The molecule has 0 spiro atoms. The highest BCUT2D eigenvalue weighted by molar-refractivity contribution is 5.76. The summed E-state index contributed by atoms with van der Waals surface area (Å²) in [5.74, 6) is -0.0154. The van der Waals surface area contributed by atoms with Crippen LogP contribution in [0.15, 0.2) is 0 Å². The van der Waals surface area contributed by atoms with E-state index in [0.29, 0.717) is 19.1 Å². The number of nitrogens with two attached hydrogens (primary N) is 1. The van der Waals surface area contributed by atoms with Gasteiger partial charge in [0.05, 0.1) is 6.04 Å². The number of unbranched alkanes of at least 4 members (excludes halogenated alkanes) is 2. The highest BCUT2D eigenvalue weighted by Gasteiger charge is 2.04. The average molecular weight is 200 g/mol. The first kappa shape index (κ1) is 13.1. The summed E-state index contributed by atoms with van der Waals surface area (Å²) in [6.45, 7) is 2.84. The van der Waals surface area contributed by atoms with Gasteiger partial charge in [-0.25, -0.2) is 0 Å². The van der Waals surface area contributed by atoms with E-state index in [1.54, 1.807) is 0 Å². The third-order valence-electron chi connectivity index (χ3n) is 1.98. The Labute approximate surface area is 85.2 Å². The second-order valence-corrected chi connectivity index (χ2v) is 3.40. The summed E-state index contributed by atoms with van der Waals surface area (Å²) in [6, 6.07) is -0.503. The lowest BCUT2D eigenvalue weighted by Crippen LogP contribution is -2.28. The number of carbonyl (C=O) groups is 2. The molecular formula is C10H20N2O2. The van der Waals surface area contributed by atoms with Gasteiger partial charge in [-0.2, -0.15) is 0 Å². The van der Waals surface area contributed by atoms with Crippen LogP contribution in [0.3, 0.4) is 0 Å². The first-order valence-electron chi connectivity index (χ1n) is 5.18. The summed E-state index contributed by atoms with van der Waals surface area (Å²) in [5.41, 5.74) is 5.35. The lowest BCUT2D eigenvalue weighted by atomic mass is 10.2. The first-order chi connectivity index (χ1) is 6.70. The number of carbonyl (C=O) groups excluding carboxylic acids is 2. The van der Waals surface area contributed by atoms with Gasteiger partial charge in [0, 0.05) is 13.0 Å². The molecule has 0 saturated heterocycles. The minimum absolute atomic E-state index is 0.0154. The molecule has 82 valence electrons. The van der Waals surface area contributed by atoms with Crippen LogP contribution in [0.2, 0.25) is 0 Å². The molecule has 1 amide bonds. The van der Waals surface area contributed by atoms with Crippen LogP contribution in [-0.4, -0.2) is 24.8 Å². The molecule has 3 N–H and O–H groups in total. The first-order valence-corrected chi connectivity index (χ1v) is 5.18. The predicted octanol–water partition coefficient (Wildman–Crippen LogP) is 0.599. The number of amides is 1. The largest absolute Gasteiger partial charge is 0.356 e. The van der Waals surface area contributed by atoms with E-state index >= 15 is 0 Å². The Morgan fingerprint density at radius 2 is 2.21 bits per heavy atom. The lowest BCUT2D eigenvalue weighted by Gasteiger charge is -2.05. The van der Waals surface area contributed by atoms with Gasteiger partial charge in [0.25, 0.3) is 0 Å². The summed E-state index contributed by atoms with van der Waals surface area (Å²) < 4.78 is 0. The van der Waals surface area contributed by atoms with Crippen molar-refractivity contribution in [3.63, 3.8) is 0 Å². The van der Waals surface area contributed by atoms with E-state index in [4.69, 9.17) is 5.73 Å². The second kappa shape index (κ2) is 8.69. The summed E-state index contributed by atoms with van der Waals surface area (Å²) in [5, 5.41) is 2.79. The maximum atomic E-state index is 11.1. The van der Waals surface area contributed by atoms with E-state index in [-0.39, 0.29) is 5.91 Å². The Hall–Kier alpha value is -0.900. The number of rotatable bonds is 8. The van der Waals surface area contributed by atoms with Crippen molar-refractivity contribution < 1.29 is 9.59 Å². The van der Waals surface area contributed by atoms with E-state index in [2.05, 4.69) is 12.2 Å². The van der Waals surface area contributed by atoms with Crippen LogP contribution in [-0.2, 0) is 9.59 Å². The van der Waals surface area contributed by atoms with E-state index in [9.17, 15) is 9.59 Å². The molecule has 0 fully saturated rings. The van der Waals surface area contributed by atoms with Crippen molar-refractivity contribution in [1.82, 2.24) is 5.32 Å². The van der Waals surface area contributed by atoms with Crippen molar-refractivity contribution >= 4 is 12.2 Å². The fourth-order valence-electron chi connectivity index (χ4n) is 1.06. The Morgan fingerprint density at radius 1 is 1.50 bits per heavy atom. The Balaban J connectivity index is 3.32. The number of hydrogen-bond acceptors (Lipinski definition) is 3. The fraction of sp³-hybridized carbons (Fsp3) is 0.800. The molecule has 0 aliphatic carbocycles. The second-order valence-electron chi connectivity index (χ2n) is 3.40. The van der Waals surface area contributed by atoms with Gasteiger partial charge in [0.1, 0.15) is 6.29 Å². The van der Waals surface area contributed by atoms with Crippen LogP contribution in [0.25, 0.3) is 0 Å². The van der Waals surface area contributed by atoms with E-state index in [1.807, 2.05) is 0 Å². The molecule has 0 aliphatic heterocycles. The molecule has 0 rings (SSSR count). The number of hydrogen-bond donors (Lipinski definition) is 2. The molecule has 0 heterocycles. The minimum atomic E-state index is -0.503. The molecule has 0 bridgehead atoms. The van der Waals surface area contributed by atoms with Gasteiger partial charge in [-0.05, 0) is 12.8 Å². The van der Waals surface area contributed by atoms with Gasteiger partial charge in [0.2, 0.25) is 5.91 Å². The van der Waals surface area contributed by atoms with Crippen LogP contribution in [0.5, 0.6) is 0 Å². The highest BCUT2D eigenvalue weighted by Crippen LogP contribution is 1.94. The zero-order valence-electron chi connectivity index (χ0n) is 8.79. The molecule has 0 saturated carbocycles. The molecule has 0 aromatic rings. The van der Waals surface area contributed by atoms with E-state index in [1.165, 1.54) is 0 Å². The molecule has 1 atom stereocenters. The topological polar surface area (TPSA) is 72.2 Å². The van der Waals surface area contributed by atoms with Crippen LogP contribution in [0.1, 0.15) is 39.0 Å². The maximum Gasteiger partial charge on any atom is 0.220 e. The maximum absolute atomic E-state index is 11.1. The SMILES string of the molecule is CCCCCNC(=O)CC[C@H](N)C=O. The van der Waals surface area contributed by atoms with Crippen LogP contribution >= 0.6 is 0 Å². The fourth-order valence-corrected chi connectivity index (χ4v) is 1.06. The molecule has 4 heteroatoms. The summed E-state index contributed by atoms with van der Waals surface area (Å²) in [7, 11) is 0. The minimum Gasteiger partial charge on any atom is -0.356 e. The van der Waals surface area contributed by atoms with Crippen LogP contribution in [0.4, 0.5) is 0 Å². The Morgan fingerprint density at radius 3 is 2.79 bits per heavy atom. The smallest absolute Gasteiger partial charge is 0.220 e. The highest BCUT2D eigenvalue weighted by atomic mass is 16.1. The monoisotopic (exact) mass is 200 g/mol. The quantitative estimate of drug-likeness (QED) is 0.445. The third kappa shape index (κ3) is 7.73. The van der Waals surface area contributed by atoms with Gasteiger partial charge in [-0.3, -0.25) is 4.79 Å². The van der Waals surface area contributed by atoms with Gasteiger partial charge in [-0.1, -0.05) is 19.8 Å². The molecule has 0 aromatic heterocycles. The van der Waals surface area contributed by atoms with Crippen molar-refractivity contribution in [2.75, 3.05) is 6.54 Å². The number of nitrogens with one attached hydrogen (secondary N) is 1. The van der Waals surface area contributed by atoms with Gasteiger partial charge < -0.3 is 15.8 Å². The van der Waals surface area contributed by atoms with Gasteiger partial charge >= 0.3 is 0 Å². The Bertz CT molecular complexity index is 172. The average Bonchev–Trinajstić information content (AvgIpc) is 2.21. The van der Waals surface area contributed by atoms with Crippen molar-refractivity contribution in [3.05, 3.63) is 0 Å². The summed E-state index contributed by atoms with van der Waals surface area (Å²) in [6.07, 6.45) is 4.74. The normalized spacial score (nSPS) is 12.1. The molecule has 0 radical (unpaired) electrons. The van der Waals surface area contributed by atoms with Crippen LogP contribution < -0.4 is 11.1 Å². The molecule has 0 aromatic carbocycles. The van der Waals surface area contributed by atoms with Gasteiger partial charge in [-0.15, -0.1) is 0 Å². The number of aldehydes is 1. The molecule has 0 aliphatic rings. The van der Waals surface area contributed by atoms with Gasteiger partial charge in [0.15, 0.2) is 0 Å². The van der Waals surface area contributed by atoms with Crippen molar-refractivity contribution in [1.29, 1.82) is 0 Å². The van der Waals surface area contributed by atoms with E-state index < -0.39 is 6.04 Å². The Kier molecular flexibility index (Phi) is 8.13. The molecular weight excluding hydrogens is 180 g/mol. The standard InChI is InChI=1S/C10H20N2O2/c1-2-3-4-7-12-10(14)6-5-9(11)8-13/h8-9H,2-7,11H2,1H3,(H,12,14)/t9-/m0/s1. The zero-order valence-corrected chi connectivity index (χ0v) is 8.79. The lowest BCUT2D eigenvalue weighted by molar-refractivity contribution is -0.121. The van der Waals surface area contributed by atoms with Crippen molar-refractivity contribution in [2.24, 2.45) is 5.73 Å². The van der Waals surface area contributed by atoms with E-state index in [0.717, 1.165) is 25.8 Å². The van der Waals surface area contributed by atoms with Crippen molar-refractivity contribution in [3.8, 4) is 0 Å². The summed E-state index contributed by atoms with van der Waals surface area (Å²) >= 11 is 0. The van der Waals surface area contributed by atoms with Crippen molar-refractivity contribution in [2.45, 2.75) is 45.1 Å². The predicted molar refractivity (Wildman–Crippen MR) is 55.8 cm³/mol. The molecule has 14 heavy (non-hydrogen) atoms. The van der Waals surface area contributed by atoms with Crippen LogP contribution in [0, 0.1) is 0 Å². The molecule has 0 unspecified atom stereocenters. The summed E-state index contributed by atoms with van der Waals surface area (Å²) in [4.78, 5) is 21.3. The zero-order chi connectivity index (χ0) is 10.8. The third-order valence-corrected chi connectivity index (χ3v) is 1.98.